The molecule has 0 bridgehead atoms. The molecule has 0 saturated heterocycles. The zero-order chi connectivity index (χ0) is 15.7. The highest BCUT2D eigenvalue weighted by atomic mass is 16.5. The van der Waals surface area contributed by atoms with Gasteiger partial charge in [-0.05, 0) is 42.2 Å². The molecule has 1 aliphatic heterocycles. The Morgan fingerprint density at radius 3 is 2.50 bits per heavy atom. The number of aromatic hydroxyl groups is 1. The number of aldehydes is 1. The van der Waals surface area contributed by atoms with Crippen LogP contribution in [0.25, 0.3) is 0 Å². The van der Waals surface area contributed by atoms with Crippen molar-refractivity contribution < 1.29 is 14.6 Å². The molecule has 1 aliphatic rings. The van der Waals surface area contributed by atoms with Gasteiger partial charge in [-0.25, -0.2) is 0 Å². The van der Waals surface area contributed by atoms with E-state index in [9.17, 15) is 9.90 Å². The second-order valence-electron chi connectivity index (χ2n) is 6.51. The van der Waals surface area contributed by atoms with Crippen molar-refractivity contribution >= 4 is 6.29 Å². The fraction of sp³-hybridized carbons (Fsp3) is 0.316. The molecule has 0 saturated carbocycles. The second-order valence-corrected chi connectivity index (χ2v) is 6.51. The molecule has 2 aromatic rings. The van der Waals surface area contributed by atoms with Crippen LogP contribution < -0.4 is 4.74 Å². The summed E-state index contributed by atoms with van der Waals surface area (Å²) in [6.07, 6.45) is 2.39. The largest absolute Gasteiger partial charge is 0.507 e. The average Bonchev–Trinajstić information content (AvgIpc) is 2.81. The lowest BCUT2D eigenvalue weighted by atomic mass is 9.85. The number of benzene rings is 2. The first kappa shape index (κ1) is 14.6. The molecule has 0 aromatic heterocycles. The van der Waals surface area contributed by atoms with Gasteiger partial charge in [0.25, 0.3) is 0 Å². The molecule has 3 rings (SSSR count). The maximum absolute atomic E-state index is 10.7. The van der Waals surface area contributed by atoms with E-state index in [1.54, 1.807) is 12.1 Å². The van der Waals surface area contributed by atoms with Gasteiger partial charge >= 0.3 is 0 Å². The third kappa shape index (κ3) is 2.71. The highest BCUT2D eigenvalue weighted by Crippen LogP contribution is 2.38. The molecule has 114 valence electrons. The zero-order valence-corrected chi connectivity index (χ0v) is 12.9. The van der Waals surface area contributed by atoms with Crippen LogP contribution in [0.5, 0.6) is 11.5 Å². The van der Waals surface area contributed by atoms with E-state index >= 15 is 0 Å². The number of carbonyl (C=O) groups excluding carboxylic acids is 1. The van der Waals surface area contributed by atoms with E-state index in [0.717, 1.165) is 30.8 Å². The van der Waals surface area contributed by atoms with Crippen LogP contribution >= 0.6 is 0 Å². The van der Waals surface area contributed by atoms with Gasteiger partial charge in [-0.15, -0.1) is 0 Å². The van der Waals surface area contributed by atoms with E-state index in [0.29, 0.717) is 11.8 Å². The van der Waals surface area contributed by atoms with Gasteiger partial charge in [0.05, 0.1) is 12.2 Å². The first-order valence-corrected chi connectivity index (χ1v) is 7.53. The third-order valence-electron chi connectivity index (χ3n) is 4.29. The highest BCUT2D eigenvalue weighted by Gasteiger charge is 2.31. The van der Waals surface area contributed by atoms with Crippen molar-refractivity contribution in [2.75, 3.05) is 6.61 Å². The van der Waals surface area contributed by atoms with Crippen LogP contribution in [0.15, 0.2) is 36.4 Å². The summed E-state index contributed by atoms with van der Waals surface area (Å²) in [4.78, 5) is 10.7. The molecule has 0 aliphatic carbocycles. The van der Waals surface area contributed by atoms with Gasteiger partial charge in [0.1, 0.15) is 11.5 Å². The van der Waals surface area contributed by atoms with Crippen molar-refractivity contribution in [2.45, 2.75) is 32.1 Å². The fourth-order valence-corrected chi connectivity index (χ4v) is 2.86. The fourth-order valence-electron chi connectivity index (χ4n) is 2.86. The minimum Gasteiger partial charge on any atom is -0.507 e. The summed E-state index contributed by atoms with van der Waals surface area (Å²) in [6, 6.07) is 11.6. The van der Waals surface area contributed by atoms with Crippen LogP contribution in [-0.2, 0) is 18.3 Å². The van der Waals surface area contributed by atoms with Gasteiger partial charge in [-0.3, -0.25) is 4.79 Å². The minimum absolute atomic E-state index is 0.0518. The Balaban J connectivity index is 1.75. The summed E-state index contributed by atoms with van der Waals surface area (Å²) in [6.45, 7) is 5.12. The van der Waals surface area contributed by atoms with E-state index in [1.165, 1.54) is 11.1 Å². The zero-order valence-electron chi connectivity index (χ0n) is 12.9. The predicted molar refractivity (Wildman–Crippen MR) is 85.9 cm³/mol. The van der Waals surface area contributed by atoms with Crippen LogP contribution in [-0.4, -0.2) is 18.0 Å². The molecule has 1 heterocycles. The van der Waals surface area contributed by atoms with Crippen LogP contribution in [0.4, 0.5) is 0 Å². The van der Waals surface area contributed by atoms with Gasteiger partial charge in [0.2, 0.25) is 0 Å². The van der Waals surface area contributed by atoms with E-state index < -0.39 is 0 Å². The summed E-state index contributed by atoms with van der Waals surface area (Å²) < 4.78 is 5.71. The predicted octanol–water partition coefficient (Wildman–Crippen LogP) is 3.66. The second kappa shape index (κ2) is 5.48. The van der Waals surface area contributed by atoms with Crippen molar-refractivity contribution in [3.8, 4) is 11.5 Å². The summed E-state index contributed by atoms with van der Waals surface area (Å²) in [7, 11) is 0. The number of carbonyl (C=O) groups is 1. The van der Waals surface area contributed by atoms with Gasteiger partial charge in [-0.2, -0.15) is 0 Å². The maximum Gasteiger partial charge on any atom is 0.153 e. The number of ether oxygens (including phenoxy) is 1. The lowest BCUT2D eigenvalue weighted by Gasteiger charge is -2.16. The number of rotatable bonds is 4. The van der Waals surface area contributed by atoms with Crippen LogP contribution in [0.2, 0.25) is 0 Å². The monoisotopic (exact) mass is 296 g/mol. The molecular weight excluding hydrogens is 276 g/mol. The minimum atomic E-state index is 0.0518. The normalized spacial score (nSPS) is 15.2. The summed E-state index contributed by atoms with van der Waals surface area (Å²) in [5, 5.41) is 9.74. The number of aryl methyl sites for hydroxylation is 2. The van der Waals surface area contributed by atoms with Crippen molar-refractivity contribution in [3.63, 3.8) is 0 Å². The summed E-state index contributed by atoms with van der Waals surface area (Å²) >= 11 is 0. The highest BCUT2D eigenvalue weighted by molar-refractivity contribution is 5.79. The van der Waals surface area contributed by atoms with Crippen LogP contribution in [0, 0.1) is 0 Å². The molecule has 0 amide bonds. The van der Waals surface area contributed by atoms with Gasteiger partial charge in [0, 0.05) is 11.0 Å². The van der Waals surface area contributed by atoms with Crippen LogP contribution in [0.1, 0.15) is 40.9 Å². The molecule has 0 spiro atoms. The molecule has 0 radical (unpaired) electrons. The summed E-state index contributed by atoms with van der Waals surface area (Å²) in [5.41, 5.74) is 3.95. The smallest absolute Gasteiger partial charge is 0.153 e. The Morgan fingerprint density at radius 1 is 1.14 bits per heavy atom. The third-order valence-corrected chi connectivity index (χ3v) is 4.29. The molecule has 3 nitrogen and oxygen atoms in total. The quantitative estimate of drug-likeness (QED) is 0.876. The SMILES string of the molecule is CC1(C)COc2ccc(CCc3ccc(C=O)c(O)c3)cc21. The molecule has 2 aromatic carbocycles. The Hall–Kier alpha value is -2.29. The maximum atomic E-state index is 10.7. The first-order chi connectivity index (χ1) is 10.5. The standard InChI is InChI=1S/C19H20O3/c1-19(2)12-22-18-8-6-13(9-16(18)19)3-4-14-5-7-15(11-20)17(21)10-14/h5-11,21H,3-4,12H2,1-2H3. The van der Waals surface area contributed by atoms with E-state index in [1.807, 2.05) is 12.1 Å². The number of fused-ring (bicyclic) bond motifs is 1. The Labute approximate surface area is 130 Å². The lowest BCUT2D eigenvalue weighted by molar-refractivity contribution is 0.112. The van der Waals surface area contributed by atoms with Gasteiger partial charge in [0.15, 0.2) is 6.29 Å². The molecule has 0 fully saturated rings. The van der Waals surface area contributed by atoms with Gasteiger partial charge < -0.3 is 9.84 Å². The molecular formula is C19H20O3. The molecule has 0 atom stereocenters. The number of hydrogen-bond donors (Lipinski definition) is 1. The Kier molecular flexibility index (Phi) is 3.65. The number of hydrogen-bond acceptors (Lipinski definition) is 3. The lowest BCUT2D eigenvalue weighted by Crippen LogP contribution is -2.18. The van der Waals surface area contributed by atoms with Crippen molar-refractivity contribution in [2.24, 2.45) is 0 Å². The van der Waals surface area contributed by atoms with Crippen molar-refractivity contribution in [1.29, 1.82) is 0 Å². The Morgan fingerprint density at radius 2 is 1.82 bits per heavy atom. The van der Waals surface area contributed by atoms with E-state index in [-0.39, 0.29) is 11.2 Å². The first-order valence-electron chi connectivity index (χ1n) is 7.53. The average molecular weight is 296 g/mol. The van der Waals surface area contributed by atoms with Crippen molar-refractivity contribution in [1.82, 2.24) is 0 Å². The topological polar surface area (TPSA) is 46.5 Å². The Bertz CT molecular complexity index is 717. The van der Waals surface area contributed by atoms with Crippen LogP contribution in [0.3, 0.4) is 0 Å². The summed E-state index contributed by atoms with van der Waals surface area (Å²) in [5.74, 6) is 1.04. The number of phenolic OH excluding ortho intramolecular Hbond substituents is 1. The van der Waals surface area contributed by atoms with Crippen molar-refractivity contribution in [3.05, 3.63) is 58.7 Å². The van der Waals surface area contributed by atoms with E-state index in [2.05, 4.69) is 26.0 Å². The molecule has 3 heteroatoms. The van der Waals surface area contributed by atoms with Gasteiger partial charge in [-0.1, -0.05) is 32.0 Å². The number of phenols is 1. The van der Waals surface area contributed by atoms with E-state index in [4.69, 9.17) is 4.74 Å². The molecule has 0 unspecified atom stereocenters. The molecule has 1 N–H and O–H groups in total. The molecule has 22 heavy (non-hydrogen) atoms.